The molecule has 3 N–H and O–H groups in total. The quantitative estimate of drug-likeness (QED) is 0.647. The number of aromatic amines is 1. The van der Waals surface area contributed by atoms with Gasteiger partial charge < -0.3 is 10.2 Å². The maximum absolute atomic E-state index is 12.5. The summed E-state index contributed by atoms with van der Waals surface area (Å²) in [4.78, 5) is 2.23. The molecule has 1 aromatic heterocycles. The smallest absolute Gasteiger partial charge is 0.244 e. The summed E-state index contributed by atoms with van der Waals surface area (Å²) in [6.45, 7) is 9.16. The molecule has 0 radical (unpaired) electrons. The number of aromatic nitrogens is 2. The second-order valence-corrected chi connectivity index (χ2v) is 7.64. The molecule has 0 aliphatic carbocycles. The Balaban J connectivity index is 2.95. The van der Waals surface area contributed by atoms with E-state index in [0.29, 0.717) is 24.5 Å². The lowest BCUT2D eigenvalue weighted by Gasteiger charge is -2.32. The molecule has 0 atom stereocenters. The second kappa shape index (κ2) is 6.87. The normalized spacial score (nSPS) is 13.1. The molecular formula is C13H27N5O2S. The first-order chi connectivity index (χ1) is 9.62. The highest BCUT2D eigenvalue weighted by molar-refractivity contribution is 7.89. The molecule has 122 valence electrons. The molecule has 21 heavy (non-hydrogen) atoms. The molecular weight excluding hydrogens is 290 g/mol. The standard InChI is InChI=1S/C13H27N5O2S/c1-7-14-8-11-12(10(2)16-17-11)21(19,20)15-9-13(3,4)18(5)6/h14-15H,7-9H2,1-6H3,(H,16,17). The molecule has 1 heterocycles. The Hall–Kier alpha value is -0.960. The van der Waals surface area contributed by atoms with E-state index in [1.165, 1.54) is 0 Å². The van der Waals surface area contributed by atoms with Crippen LogP contribution in [0.1, 0.15) is 32.2 Å². The monoisotopic (exact) mass is 317 g/mol. The van der Waals surface area contributed by atoms with Crippen molar-refractivity contribution in [3.63, 3.8) is 0 Å². The summed E-state index contributed by atoms with van der Waals surface area (Å²) in [6, 6.07) is 0. The van der Waals surface area contributed by atoms with Gasteiger partial charge in [0.1, 0.15) is 4.90 Å². The third-order valence-electron chi connectivity index (χ3n) is 3.68. The predicted molar refractivity (Wildman–Crippen MR) is 83.7 cm³/mol. The Morgan fingerprint density at radius 3 is 2.48 bits per heavy atom. The van der Waals surface area contributed by atoms with Gasteiger partial charge >= 0.3 is 0 Å². The van der Waals surface area contributed by atoms with Crippen LogP contribution in [0.2, 0.25) is 0 Å². The van der Waals surface area contributed by atoms with Crippen molar-refractivity contribution >= 4 is 10.0 Å². The third kappa shape index (κ3) is 4.50. The third-order valence-corrected chi connectivity index (χ3v) is 5.28. The van der Waals surface area contributed by atoms with Crippen LogP contribution < -0.4 is 10.0 Å². The fourth-order valence-corrected chi connectivity index (χ4v) is 3.26. The van der Waals surface area contributed by atoms with Crippen LogP contribution in [0.15, 0.2) is 4.90 Å². The maximum atomic E-state index is 12.5. The largest absolute Gasteiger partial charge is 0.311 e. The highest BCUT2D eigenvalue weighted by Gasteiger charge is 2.28. The van der Waals surface area contributed by atoms with Crippen LogP contribution in [0.5, 0.6) is 0 Å². The van der Waals surface area contributed by atoms with Gasteiger partial charge in [-0.05, 0) is 41.4 Å². The average molecular weight is 317 g/mol. The summed E-state index contributed by atoms with van der Waals surface area (Å²) < 4.78 is 27.8. The summed E-state index contributed by atoms with van der Waals surface area (Å²) in [5.41, 5.74) is 0.801. The molecule has 8 heteroatoms. The van der Waals surface area contributed by atoms with E-state index >= 15 is 0 Å². The highest BCUT2D eigenvalue weighted by atomic mass is 32.2. The van der Waals surface area contributed by atoms with Crippen molar-refractivity contribution in [2.24, 2.45) is 0 Å². The number of likely N-dealkylation sites (N-methyl/N-ethyl adjacent to an activating group) is 1. The van der Waals surface area contributed by atoms with Gasteiger partial charge in [-0.2, -0.15) is 5.10 Å². The average Bonchev–Trinajstić information content (AvgIpc) is 2.76. The molecule has 0 fully saturated rings. The number of rotatable bonds is 8. The van der Waals surface area contributed by atoms with Crippen molar-refractivity contribution in [2.45, 2.75) is 44.7 Å². The Labute approximate surface area is 127 Å². The summed E-state index contributed by atoms with van der Waals surface area (Å²) in [5, 5.41) is 9.93. The molecule has 1 aromatic rings. The van der Waals surface area contributed by atoms with Gasteiger partial charge in [-0.15, -0.1) is 0 Å². The zero-order chi connectivity index (χ0) is 16.3. The van der Waals surface area contributed by atoms with Crippen molar-refractivity contribution < 1.29 is 8.42 Å². The second-order valence-electron chi connectivity index (χ2n) is 5.94. The van der Waals surface area contributed by atoms with Crippen LogP contribution in [-0.4, -0.2) is 56.2 Å². The lowest BCUT2D eigenvalue weighted by atomic mass is 10.1. The van der Waals surface area contributed by atoms with Crippen LogP contribution in [0.25, 0.3) is 0 Å². The van der Waals surface area contributed by atoms with Crippen molar-refractivity contribution in [1.29, 1.82) is 0 Å². The lowest BCUT2D eigenvalue weighted by Crippen LogP contribution is -2.48. The van der Waals surface area contributed by atoms with Gasteiger partial charge in [0.05, 0.1) is 11.4 Å². The topological polar surface area (TPSA) is 90.1 Å². The molecule has 0 aliphatic rings. The van der Waals surface area contributed by atoms with Crippen molar-refractivity contribution in [3.8, 4) is 0 Å². The van der Waals surface area contributed by atoms with Gasteiger partial charge in [0.25, 0.3) is 0 Å². The van der Waals surface area contributed by atoms with Crippen molar-refractivity contribution in [2.75, 3.05) is 27.2 Å². The van der Waals surface area contributed by atoms with Crippen LogP contribution in [0.3, 0.4) is 0 Å². The van der Waals surface area contributed by atoms with Gasteiger partial charge in [-0.3, -0.25) is 5.10 Å². The summed E-state index contributed by atoms with van der Waals surface area (Å²) in [5.74, 6) is 0. The number of hydrogen-bond acceptors (Lipinski definition) is 5. The maximum Gasteiger partial charge on any atom is 0.244 e. The lowest BCUT2D eigenvalue weighted by molar-refractivity contribution is 0.199. The number of nitrogens with one attached hydrogen (secondary N) is 3. The summed E-state index contributed by atoms with van der Waals surface area (Å²) >= 11 is 0. The van der Waals surface area contributed by atoms with E-state index in [1.807, 2.05) is 39.8 Å². The Morgan fingerprint density at radius 2 is 1.95 bits per heavy atom. The molecule has 0 saturated carbocycles. The SMILES string of the molecule is CCNCc1n[nH]c(C)c1S(=O)(=O)NCC(C)(C)N(C)C. The first kappa shape index (κ1) is 18.1. The van der Waals surface area contributed by atoms with Crippen LogP contribution in [0, 0.1) is 6.92 Å². The number of nitrogens with zero attached hydrogens (tertiary/aromatic N) is 2. The Morgan fingerprint density at radius 1 is 1.33 bits per heavy atom. The van der Waals surface area contributed by atoms with E-state index in [4.69, 9.17) is 0 Å². The van der Waals surface area contributed by atoms with Crippen LogP contribution in [0.4, 0.5) is 0 Å². The molecule has 0 spiro atoms. The number of hydrogen-bond donors (Lipinski definition) is 3. The summed E-state index contributed by atoms with van der Waals surface area (Å²) in [7, 11) is 0.263. The van der Waals surface area contributed by atoms with E-state index in [2.05, 4.69) is 20.2 Å². The van der Waals surface area contributed by atoms with Crippen LogP contribution >= 0.6 is 0 Å². The minimum absolute atomic E-state index is 0.248. The number of H-pyrrole nitrogens is 1. The van der Waals surface area contributed by atoms with Gasteiger partial charge in [0, 0.05) is 18.6 Å². The van der Waals surface area contributed by atoms with E-state index in [1.54, 1.807) is 6.92 Å². The van der Waals surface area contributed by atoms with Gasteiger partial charge in [-0.1, -0.05) is 6.92 Å². The minimum Gasteiger partial charge on any atom is -0.311 e. The fourth-order valence-electron chi connectivity index (χ4n) is 1.69. The number of sulfonamides is 1. The minimum atomic E-state index is -3.59. The predicted octanol–water partition coefficient (Wildman–Crippen LogP) is 0.446. The van der Waals surface area contributed by atoms with Crippen LogP contribution in [-0.2, 0) is 16.6 Å². The van der Waals surface area contributed by atoms with Gasteiger partial charge in [0.2, 0.25) is 10.0 Å². The van der Waals surface area contributed by atoms with Gasteiger partial charge in [-0.25, -0.2) is 13.1 Å². The molecule has 0 unspecified atom stereocenters. The first-order valence-corrected chi connectivity index (χ1v) is 8.51. The zero-order valence-electron chi connectivity index (χ0n) is 13.7. The molecule has 0 aliphatic heterocycles. The first-order valence-electron chi connectivity index (χ1n) is 7.03. The number of aryl methyl sites for hydroxylation is 1. The Kier molecular flexibility index (Phi) is 5.92. The molecule has 7 nitrogen and oxygen atoms in total. The molecule has 0 saturated heterocycles. The van der Waals surface area contributed by atoms with E-state index in [-0.39, 0.29) is 10.4 Å². The fraction of sp³-hybridized carbons (Fsp3) is 0.769. The van der Waals surface area contributed by atoms with E-state index in [9.17, 15) is 8.42 Å². The molecule has 0 bridgehead atoms. The van der Waals surface area contributed by atoms with Gasteiger partial charge in [0.15, 0.2) is 0 Å². The van der Waals surface area contributed by atoms with Crippen molar-refractivity contribution in [1.82, 2.24) is 25.1 Å². The highest BCUT2D eigenvalue weighted by Crippen LogP contribution is 2.18. The molecule has 1 rings (SSSR count). The van der Waals surface area contributed by atoms with E-state index in [0.717, 1.165) is 6.54 Å². The summed E-state index contributed by atoms with van der Waals surface area (Å²) in [6.07, 6.45) is 0. The molecule has 0 aromatic carbocycles. The van der Waals surface area contributed by atoms with Crippen molar-refractivity contribution in [3.05, 3.63) is 11.4 Å². The van der Waals surface area contributed by atoms with E-state index < -0.39 is 10.0 Å². The Bertz CT molecular complexity index is 563. The molecule has 0 amide bonds. The zero-order valence-corrected chi connectivity index (χ0v) is 14.6.